The van der Waals surface area contributed by atoms with Crippen LogP contribution in [-0.2, 0) is 0 Å². The molecule has 3 heteroatoms. The van der Waals surface area contributed by atoms with Crippen LogP contribution in [0.4, 0.5) is 0 Å². The molecule has 1 saturated carbocycles. The average Bonchev–Trinajstić information content (AvgIpc) is 2.40. The lowest BCUT2D eigenvalue weighted by atomic mass is 9.74. The number of benzene rings is 1. The lowest BCUT2D eigenvalue weighted by Crippen LogP contribution is -2.45. The van der Waals surface area contributed by atoms with Crippen LogP contribution in [0.2, 0.25) is 0 Å². The molecule has 0 saturated heterocycles. The third-order valence-electron chi connectivity index (χ3n) is 4.45. The van der Waals surface area contributed by atoms with Crippen LogP contribution >= 0.6 is 11.8 Å². The molecule has 112 valence electrons. The molecule has 1 aromatic rings. The Hall–Kier alpha value is -0.510. The molecule has 3 atom stereocenters. The quantitative estimate of drug-likeness (QED) is 0.489. The maximum absolute atomic E-state index is 5.82. The van der Waals surface area contributed by atoms with Crippen molar-refractivity contribution in [3.8, 4) is 0 Å². The van der Waals surface area contributed by atoms with Crippen molar-refractivity contribution in [2.24, 2.45) is 23.6 Å². The fourth-order valence-electron chi connectivity index (χ4n) is 3.48. The van der Waals surface area contributed by atoms with Crippen molar-refractivity contribution in [3.63, 3.8) is 0 Å². The number of aryl methyl sites for hydroxylation is 1. The summed E-state index contributed by atoms with van der Waals surface area (Å²) >= 11 is 1.92. The highest BCUT2D eigenvalue weighted by atomic mass is 32.2. The number of nitrogens with two attached hydrogens (primary N) is 1. The van der Waals surface area contributed by atoms with E-state index in [-0.39, 0.29) is 0 Å². The zero-order chi connectivity index (χ0) is 14.5. The highest BCUT2D eigenvalue weighted by molar-refractivity contribution is 7.99. The highest BCUT2D eigenvalue weighted by Gasteiger charge is 2.29. The molecular formula is C17H28N2S. The standard InChI is InChI=1S/C17H28N2S/c1-12-4-6-16(7-5-12)20-11-17(19-18)15-9-13(2)8-14(3)10-15/h4-7,13-15,17,19H,8-11,18H2,1-3H3. The van der Waals surface area contributed by atoms with E-state index < -0.39 is 0 Å². The average molecular weight is 292 g/mol. The van der Waals surface area contributed by atoms with Crippen LogP contribution in [0.5, 0.6) is 0 Å². The molecule has 20 heavy (non-hydrogen) atoms. The molecule has 1 aromatic carbocycles. The minimum atomic E-state index is 0.423. The molecule has 0 spiro atoms. The molecule has 0 radical (unpaired) electrons. The predicted molar refractivity (Wildman–Crippen MR) is 88.7 cm³/mol. The Kier molecular flexibility index (Phi) is 5.94. The van der Waals surface area contributed by atoms with Crippen molar-refractivity contribution in [3.05, 3.63) is 29.8 Å². The van der Waals surface area contributed by atoms with Gasteiger partial charge in [-0.2, -0.15) is 0 Å². The van der Waals surface area contributed by atoms with E-state index >= 15 is 0 Å². The fraction of sp³-hybridized carbons (Fsp3) is 0.647. The summed E-state index contributed by atoms with van der Waals surface area (Å²) in [6, 6.07) is 9.20. The molecule has 2 nitrogen and oxygen atoms in total. The van der Waals surface area contributed by atoms with E-state index in [1.54, 1.807) is 0 Å². The summed E-state index contributed by atoms with van der Waals surface area (Å²) in [4.78, 5) is 1.34. The van der Waals surface area contributed by atoms with Gasteiger partial charge in [-0.05, 0) is 56.1 Å². The van der Waals surface area contributed by atoms with Crippen molar-refractivity contribution in [2.75, 3.05) is 5.75 Å². The molecule has 3 N–H and O–H groups in total. The first-order valence-electron chi connectivity index (χ1n) is 7.74. The van der Waals surface area contributed by atoms with Gasteiger partial charge in [0.25, 0.3) is 0 Å². The van der Waals surface area contributed by atoms with Crippen LogP contribution in [0.3, 0.4) is 0 Å². The fourth-order valence-corrected chi connectivity index (χ4v) is 4.55. The Morgan fingerprint density at radius 1 is 1.15 bits per heavy atom. The molecular weight excluding hydrogens is 264 g/mol. The summed E-state index contributed by atoms with van der Waals surface area (Å²) in [5, 5.41) is 0. The van der Waals surface area contributed by atoms with Crippen molar-refractivity contribution in [2.45, 2.75) is 51.0 Å². The summed E-state index contributed by atoms with van der Waals surface area (Å²) < 4.78 is 0. The van der Waals surface area contributed by atoms with Gasteiger partial charge in [0, 0.05) is 16.7 Å². The van der Waals surface area contributed by atoms with Crippen LogP contribution in [0, 0.1) is 24.7 Å². The number of rotatable bonds is 5. The van der Waals surface area contributed by atoms with Gasteiger partial charge in [-0.1, -0.05) is 31.5 Å². The van der Waals surface area contributed by atoms with E-state index in [2.05, 4.69) is 50.5 Å². The molecule has 0 bridgehead atoms. The summed E-state index contributed by atoms with van der Waals surface area (Å²) in [6.07, 6.45) is 4.00. The second-order valence-electron chi connectivity index (χ2n) is 6.57. The largest absolute Gasteiger partial charge is 0.271 e. The molecule has 2 rings (SSSR count). The first-order chi connectivity index (χ1) is 9.58. The van der Waals surface area contributed by atoms with E-state index in [0.29, 0.717) is 6.04 Å². The van der Waals surface area contributed by atoms with Crippen molar-refractivity contribution in [1.82, 2.24) is 5.43 Å². The predicted octanol–water partition coefficient (Wildman–Crippen LogP) is 3.99. The van der Waals surface area contributed by atoms with E-state index in [1.807, 2.05) is 11.8 Å². The second-order valence-corrected chi connectivity index (χ2v) is 7.67. The number of hydrogen-bond donors (Lipinski definition) is 2. The number of thioether (sulfide) groups is 1. The lowest BCUT2D eigenvalue weighted by Gasteiger charge is -2.36. The maximum atomic E-state index is 5.82. The lowest BCUT2D eigenvalue weighted by molar-refractivity contribution is 0.185. The monoisotopic (exact) mass is 292 g/mol. The third-order valence-corrected chi connectivity index (χ3v) is 5.58. The SMILES string of the molecule is Cc1ccc(SCC(NN)C2CC(C)CC(C)C2)cc1. The van der Waals surface area contributed by atoms with E-state index in [9.17, 15) is 0 Å². The van der Waals surface area contributed by atoms with Gasteiger partial charge in [-0.3, -0.25) is 11.3 Å². The normalized spacial score (nSPS) is 28.3. The smallest absolute Gasteiger partial charge is 0.0333 e. The van der Waals surface area contributed by atoms with Gasteiger partial charge in [0.1, 0.15) is 0 Å². The van der Waals surface area contributed by atoms with Crippen LogP contribution in [0.1, 0.15) is 38.7 Å². The summed E-state index contributed by atoms with van der Waals surface area (Å²) in [6.45, 7) is 6.89. The summed E-state index contributed by atoms with van der Waals surface area (Å²) in [5.41, 5.74) is 4.39. The van der Waals surface area contributed by atoms with Crippen LogP contribution in [0.15, 0.2) is 29.2 Å². The molecule has 0 aromatic heterocycles. The first-order valence-corrected chi connectivity index (χ1v) is 8.72. The summed E-state index contributed by atoms with van der Waals surface area (Å²) in [7, 11) is 0. The van der Waals surface area contributed by atoms with Crippen LogP contribution < -0.4 is 11.3 Å². The van der Waals surface area contributed by atoms with Gasteiger partial charge in [-0.25, -0.2) is 0 Å². The molecule has 3 unspecified atom stereocenters. The van der Waals surface area contributed by atoms with Crippen LogP contribution in [0.25, 0.3) is 0 Å². The van der Waals surface area contributed by atoms with E-state index in [0.717, 1.165) is 23.5 Å². The van der Waals surface area contributed by atoms with Crippen molar-refractivity contribution < 1.29 is 0 Å². The Balaban J connectivity index is 1.89. The van der Waals surface area contributed by atoms with Gasteiger partial charge < -0.3 is 0 Å². The maximum Gasteiger partial charge on any atom is 0.0333 e. The Morgan fingerprint density at radius 2 is 1.75 bits per heavy atom. The van der Waals surface area contributed by atoms with Crippen molar-refractivity contribution in [1.29, 1.82) is 0 Å². The molecule has 1 aliphatic rings. The second kappa shape index (κ2) is 7.48. The molecule has 1 fully saturated rings. The Labute approximate surface area is 127 Å². The first kappa shape index (κ1) is 15.9. The van der Waals surface area contributed by atoms with E-state index in [1.165, 1.54) is 29.7 Å². The van der Waals surface area contributed by atoms with E-state index in [4.69, 9.17) is 5.84 Å². The molecule has 0 heterocycles. The zero-order valence-electron chi connectivity index (χ0n) is 12.9. The minimum Gasteiger partial charge on any atom is -0.271 e. The Bertz CT molecular complexity index is 394. The number of nitrogens with one attached hydrogen (secondary N) is 1. The number of hydrogen-bond acceptors (Lipinski definition) is 3. The van der Waals surface area contributed by atoms with Gasteiger partial charge in [0.05, 0.1) is 0 Å². The summed E-state index contributed by atoms with van der Waals surface area (Å²) in [5.74, 6) is 9.27. The van der Waals surface area contributed by atoms with Crippen molar-refractivity contribution >= 4 is 11.8 Å². The van der Waals surface area contributed by atoms with Gasteiger partial charge in [0.15, 0.2) is 0 Å². The molecule has 0 amide bonds. The topological polar surface area (TPSA) is 38.0 Å². The Morgan fingerprint density at radius 3 is 2.30 bits per heavy atom. The van der Waals surface area contributed by atoms with Gasteiger partial charge in [-0.15, -0.1) is 11.8 Å². The minimum absolute atomic E-state index is 0.423. The number of hydrazine groups is 1. The third kappa shape index (κ3) is 4.51. The molecule has 0 aliphatic heterocycles. The van der Waals surface area contributed by atoms with Gasteiger partial charge in [0.2, 0.25) is 0 Å². The molecule has 1 aliphatic carbocycles. The highest BCUT2D eigenvalue weighted by Crippen LogP contribution is 2.35. The van der Waals surface area contributed by atoms with Crippen LogP contribution in [-0.4, -0.2) is 11.8 Å². The van der Waals surface area contributed by atoms with Gasteiger partial charge >= 0.3 is 0 Å². The zero-order valence-corrected chi connectivity index (χ0v) is 13.7.